The molecule has 2 aromatic carbocycles. The Labute approximate surface area is 187 Å². The summed E-state index contributed by atoms with van der Waals surface area (Å²) in [5.74, 6) is 0.0890. The van der Waals surface area contributed by atoms with Gasteiger partial charge in [0.1, 0.15) is 0 Å². The largest absolute Gasteiger partial charge is 0.377 e. The average molecular weight is 424 g/mol. The van der Waals surface area contributed by atoms with Gasteiger partial charge in [-0.15, -0.1) is 0 Å². The van der Waals surface area contributed by atoms with E-state index in [-0.39, 0.29) is 29.2 Å². The molecule has 0 fully saturated rings. The molecule has 0 aliphatic heterocycles. The monoisotopic (exact) mass is 423 g/mol. The predicted molar refractivity (Wildman–Crippen MR) is 130 cm³/mol. The summed E-state index contributed by atoms with van der Waals surface area (Å²) in [6, 6.07) is 15.2. The van der Waals surface area contributed by atoms with E-state index in [1.807, 2.05) is 68.4 Å². The molecule has 2 atom stereocenters. The number of anilines is 2. The Kier molecular flexibility index (Phi) is 8.26. The second kappa shape index (κ2) is 10.5. The molecular weight excluding hydrogens is 386 g/mol. The van der Waals surface area contributed by atoms with E-state index in [0.717, 1.165) is 17.7 Å². The molecule has 168 valence electrons. The topological polar surface area (TPSA) is 61.4 Å². The SMILES string of the molecule is C[C@H](CC(=O)Nc1ccc(N(C)C)c(C(=O)N[C@@H](C)c2ccccc2)c1)CC(C)(C)C. The quantitative estimate of drug-likeness (QED) is 0.577. The van der Waals surface area contributed by atoms with Crippen LogP contribution in [-0.4, -0.2) is 25.9 Å². The van der Waals surface area contributed by atoms with E-state index in [1.54, 1.807) is 6.07 Å². The summed E-state index contributed by atoms with van der Waals surface area (Å²) in [4.78, 5) is 27.5. The number of carbonyl (C=O) groups is 2. The zero-order chi connectivity index (χ0) is 23.2. The molecule has 0 bridgehead atoms. The summed E-state index contributed by atoms with van der Waals surface area (Å²) >= 11 is 0. The van der Waals surface area contributed by atoms with E-state index in [2.05, 4.69) is 38.3 Å². The van der Waals surface area contributed by atoms with Gasteiger partial charge >= 0.3 is 0 Å². The molecule has 0 unspecified atom stereocenters. The van der Waals surface area contributed by atoms with Crippen molar-refractivity contribution in [2.75, 3.05) is 24.3 Å². The van der Waals surface area contributed by atoms with Gasteiger partial charge in [-0.1, -0.05) is 58.0 Å². The molecule has 0 spiro atoms. The minimum Gasteiger partial charge on any atom is -0.377 e. The van der Waals surface area contributed by atoms with Crippen LogP contribution in [0.25, 0.3) is 0 Å². The van der Waals surface area contributed by atoms with E-state index in [0.29, 0.717) is 17.7 Å². The summed E-state index contributed by atoms with van der Waals surface area (Å²) in [7, 11) is 3.80. The van der Waals surface area contributed by atoms with E-state index in [1.165, 1.54) is 0 Å². The molecule has 2 rings (SSSR count). The summed E-state index contributed by atoms with van der Waals surface area (Å²) in [5.41, 5.74) is 3.20. The molecule has 2 aromatic rings. The maximum absolute atomic E-state index is 13.1. The molecule has 0 radical (unpaired) electrons. The number of nitrogens with zero attached hydrogens (tertiary/aromatic N) is 1. The van der Waals surface area contributed by atoms with Gasteiger partial charge in [-0.2, -0.15) is 0 Å². The number of hydrogen-bond acceptors (Lipinski definition) is 3. The summed E-state index contributed by atoms with van der Waals surface area (Å²) in [6.45, 7) is 10.6. The van der Waals surface area contributed by atoms with Crippen LogP contribution in [0.5, 0.6) is 0 Å². The molecule has 5 heteroatoms. The first kappa shape index (κ1) is 24.4. The number of amides is 2. The fourth-order valence-corrected chi connectivity index (χ4v) is 3.93. The minimum atomic E-state index is -0.169. The van der Waals surface area contributed by atoms with Gasteiger partial charge in [0.25, 0.3) is 5.91 Å². The molecule has 0 aliphatic carbocycles. The van der Waals surface area contributed by atoms with Gasteiger partial charge in [0.15, 0.2) is 0 Å². The molecule has 0 aliphatic rings. The first-order valence-corrected chi connectivity index (χ1v) is 10.9. The second-order valence-electron chi connectivity index (χ2n) is 9.85. The van der Waals surface area contributed by atoms with E-state index in [9.17, 15) is 9.59 Å². The number of rotatable bonds is 8. The Balaban J connectivity index is 2.14. The number of hydrogen-bond donors (Lipinski definition) is 2. The molecule has 2 N–H and O–H groups in total. The number of benzene rings is 2. The zero-order valence-electron chi connectivity index (χ0n) is 20.0. The maximum atomic E-state index is 13.1. The molecule has 0 heterocycles. The fourth-order valence-electron chi connectivity index (χ4n) is 3.93. The Morgan fingerprint density at radius 1 is 1.00 bits per heavy atom. The third kappa shape index (κ3) is 7.74. The van der Waals surface area contributed by atoms with Crippen molar-refractivity contribution in [1.29, 1.82) is 0 Å². The molecule has 31 heavy (non-hydrogen) atoms. The lowest BCUT2D eigenvalue weighted by Crippen LogP contribution is -2.28. The van der Waals surface area contributed by atoms with Crippen LogP contribution in [0.15, 0.2) is 48.5 Å². The van der Waals surface area contributed by atoms with Crippen LogP contribution in [0.3, 0.4) is 0 Å². The highest BCUT2D eigenvalue weighted by atomic mass is 16.2. The van der Waals surface area contributed by atoms with Gasteiger partial charge < -0.3 is 15.5 Å². The molecule has 0 saturated heterocycles. The van der Waals surface area contributed by atoms with Crippen molar-refractivity contribution in [3.8, 4) is 0 Å². The highest BCUT2D eigenvalue weighted by Crippen LogP contribution is 2.27. The highest BCUT2D eigenvalue weighted by Gasteiger charge is 2.20. The Morgan fingerprint density at radius 3 is 2.23 bits per heavy atom. The second-order valence-corrected chi connectivity index (χ2v) is 9.85. The summed E-state index contributed by atoms with van der Waals surface area (Å²) in [5, 5.41) is 6.04. The van der Waals surface area contributed by atoms with Crippen LogP contribution in [0.1, 0.15) is 69.4 Å². The first-order chi connectivity index (χ1) is 14.5. The lowest BCUT2D eigenvalue weighted by molar-refractivity contribution is -0.117. The summed E-state index contributed by atoms with van der Waals surface area (Å²) in [6.07, 6.45) is 1.43. The van der Waals surface area contributed by atoms with Crippen LogP contribution in [0, 0.1) is 11.3 Å². The Hall–Kier alpha value is -2.82. The Morgan fingerprint density at radius 2 is 1.65 bits per heavy atom. The highest BCUT2D eigenvalue weighted by molar-refractivity contribution is 6.02. The maximum Gasteiger partial charge on any atom is 0.253 e. The fraction of sp³-hybridized carbons (Fsp3) is 0.462. The van der Waals surface area contributed by atoms with Gasteiger partial charge in [0.2, 0.25) is 5.91 Å². The van der Waals surface area contributed by atoms with Crippen LogP contribution < -0.4 is 15.5 Å². The smallest absolute Gasteiger partial charge is 0.253 e. The van der Waals surface area contributed by atoms with Crippen molar-refractivity contribution < 1.29 is 9.59 Å². The van der Waals surface area contributed by atoms with Crippen LogP contribution >= 0.6 is 0 Å². The lowest BCUT2D eigenvalue weighted by Gasteiger charge is -2.23. The van der Waals surface area contributed by atoms with Gasteiger partial charge in [-0.25, -0.2) is 0 Å². The Bertz CT molecular complexity index is 885. The van der Waals surface area contributed by atoms with Crippen molar-refractivity contribution in [3.63, 3.8) is 0 Å². The molecule has 5 nitrogen and oxygen atoms in total. The van der Waals surface area contributed by atoms with E-state index >= 15 is 0 Å². The van der Waals surface area contributed by atoms with Crippen molar-refractivity contribution in [1.82, 2.24) is 5.32 Å². The van der Waals surface area contributed by atoms with Crippen molar-refractivity contribution in [2.45, 2.75) is 53.5 Å². The predicted octanol–water partition coefficient (Wildman–Crippen LogP) is 5.64. The van der Waals surface area contributed by atoms with Gasteiger partial charge in [-0.3, -0.25) is 9.59 Å². The third-order valence-electron chi connectivity index (χ3n) is 5.15. The van der Waals surface area contributed by atoms with Crippen LogP contribution in [-0.2, 0) is 4.79 Å². The van der Waals surface area contributed by atoms with Gasteiger partial charge in [0, 0.05) is 31.9 Å². The third-order valence-corrected chi connectivity index (χ3v) is 5.15. The van der Waals surface area contributed by atoms with Crippen molar-refractivity contribution in [3.05, 3.63) is 59.7 Å². The molecule has 0 aromatic heterocycles. The zero-order valence-corrected chi connectivity index (χ0v) is 20.0. The molecule has 0 saturated carbocycles. The number of nitrogens with one attached hydrogen (secondary N) is 2. The average Bonchev–Trinajstić information content (AvgIpc) is 2.66. The van der Waals surface area contributed by atoms with Gasteiger partial charge in [0.05, 0.1) is 11.6 Å². The van der Waals surface area contributed by atoms with E-state index < -0.39 is 0 Å². The van der Waals surface area contributed by atoms with Crippen molar-refractivity contribution in [2.24, 2.45) is 11.3 Å². The number of carbonyl (C=O) groups excluding carboxylic acids is 2. The lowest BCUT2D eigenvalue weighted by atomic mass is 9.84. The molecular formula is C26H37N3O2. The normalized spacial score (nSPS) is 13.3. The first-order valence-electron chi connectivity index (χ1n) is 10.9. The van der Waals surface area contributed by atoms with Crippen molar-refractivity contribution >= 4 is 23.2 Å². The van der Waals surface area contributed by atoms with Crippen LogP contribution in [0.2, 0.25) is 0 Å². The minimum absolute atomic E-state index is 0.0293. The van der Waals surface area contributed by atoms with Crippen LogP contribution in [0.4, 0.5) is 11.4 Å². The standard InChI is InChI=1S/C26H37N3O2/c1-18(17-26(3,4)5)15-24(30)28-21-13-14-23(29(6)7)22(16-21)25(31)27-19(2)20-11-9-8-10-12-20/h8-14,16,18-19H,15,17H2,1-7H3,(H,27,31)(H,28,30)/t18-,19+/m1/s1. The van der Waals surface area contributed by atoms with E-state index in [4.69, 9.17) is 0 Å². The summed E-state index contributed by atoms with van der Waals surface area (Å²) < 4.78 is 0. The molecule has 2 amide bonds. The van der Waals surface area contributed by atoms with Gasteiger partial charge in [-0.05, 0) is 48.4 Å².